The number of amides is 1. The highest BCUT2D eigenvalue weighted by Crippen LogP contribution is 2.17. The van der Waals surface area contributed by atoms with Gasteiger partial charge in [0, 0.05) is 15.4 Å². The molecule has 0 aliphatic carbocycles. The van der Waals surface area contributed by atoms with Crippen molar-refractivity contribution in [1.29, 1.82) is 0 Å². The molecule has 98 valence electrons. The lowest BCUT2D eigenvalue weighted by molar-refractivity contribution is 0.102. The average molecular weight is 384 g/mol. The van der Waals surface area contributed by atoms with Gasteiger partial charge in [0.1, 0.15) is 5.82 Å². The van der Waals surface area contributed by atoms with Crippen LogP contribution in [0.1, 0.15) is 21.6 Å². The molecule has 0 aliphatic heterocycles. The number of aromatic nitrogens is 1. The monoisotopic (exact) mass is 382 g/mol. The highest BCUT2D eigenvalue weighted by molar-refractivity contribution is 9.10. The third kappa shape index (κ3) is 3.64. The summed E-state index contributed by atoms with van der Waals surface area (Å²) in [4.78, 5) is 16.3. The minimum atomic E-state index is -0.157. The second kappa shape index (κ2) is 6.30. The molecular formula is C14H12Br2N2O. The van der Waals surface area contributed by atoms with Crippen LogP contribution in [0.5, 0.6) is 0 Å². The minimum absolute atomic E-state index is 0.157. The van der Waals surface area contributed by atoms with Crippen molar-refractivity contribution in [2.45, 2.75) is 12.3 Å². The van der Waals surface area contributed by atoms with Gasteiger partial charge in [0.2, 0.25) is 0 Å². The Bertz CT molecular complexity index is 597. The molecule has 0 bridgehead atoms. The number of carbonyl (C=O) groups is 1. The number of nitrogens with zero attached hydrogens (tertiary/aromatic N) is 1. The van der Waals surface area contributed by atoms with E-state index < -0.39 is 0 Å². The van der Waals surface area contributed by atoms with Crippen molar-refractivity contribution in [3.63, 3.8) is 0 Å². The summed E-state index contributed by atoms with van der Waals surface area (Å²) in [6.07, 6.45) is 0. The molecule has 19 heavy (non-hydrogen) atoms. The second-order valence-corrected chi connectivity index (χ2v) is 5.46. The first-order valence-corrected chi connectivity index (χ1v) is 7.61. The van der Waals surface area contributed by atoms with Crippen molar-refractivity contribution >= 4 is 43.6 Å². The summed E-state index contributed by atoms with van der Waals surface area (Å²) in [6.45, 7) is 1.88. The van der Waals surface area contributed by atoms with Crippen LogP contribution in [0.4, 0.5) is 5.82 Å². The van der Waals surface area contributed by atoms with Crippen LogP contribution >= 0.6 is 31.9 Å². The lowest BCUT2D eigenvalue weighted by Gasteiger charge is -2.06. The molecule has 1 aromatic carbocycles. The third-order valence-corrected chi connectivity index (χ3v) is 4.12. The first kappa shape index (κ1) is 14.2. The Labute approximate surface area is 128 Å². The first-order chi connectivity index (χ1) is 9.10. The van der Waals surface area contributed by atoms with Crippen LogP contribution < -0.4 is 5.32 Å². The minimum Gasteiger partial charge on any atom is -0.307 e. The van der Waals surface area contributed by atoms with Gasteiger partial charge in [-0.1, -0.05) is 28.1 Å². The number of pyridine rings is 1. The van der Waals surface area contributed by atoms with Gasteiger partial charge in [0.05, 0.1) is 5.69 Å². The van der Waals surface area contributed by atoms with Gasteiger partial charge in [-0.3, -0.25) is 4.79 Å². The standard InChI is InChI=1S/C14H12Br2N2O/c1-9-12(16)6-7-13(17-9)18-14(19)11-4-2-10(8-15)3-5-11/h2-7H,8H2,1H3,(H,17,18,19). The van der Waals surface area contributed by atoms with E-state index >= 15 is 0 Å². The van der Waals surface area contributed by atoms with Crippen LogP contribution in [0.3, 0.4) is 0 Å². The van der Waals surface area contributed by atoms with Crippen LogP contribution in [0.15, 0.2) is 40.9 Å². The van der Waals surface area contributed by atoms with Crippen molar-refractivity contribution in [3.8, 4) is 0 Å². The van der Waals surface area contributed by atoms with E-state index in [4.69, 9.17) is 0 Å². The molecule has 2 rings (SSSR count). The van der Waals surface area contributed by atoms with Crippen molar-refractivity contribution < 1.29 is 4.79 Å². The van der Waals surface area contributed by atoms with E-state index in [0.29, 0.717) is 11.4 Å². The molecule has 0 atom stereocenters. The molecule has 5 heteroatoms. The van der Waals surface area contributed by atoms with Gasteiger partial charge in [0.15, 0.2) is 0 Å². The predicted octanol–water partition coefficient (Wildman–Crippen LogP) is 4.30. The summed E-state index contributed by atoms with van der Waals surface area (Å²) < 4.78 is 0.923. The highest BCUT2D eigenvalue weighted by atomic mass is 79.9. The Kier molecular flexibility index (Phi) is 4.71. The number of halogens is 2. The van der Waals surface area contributed by atoms with Crippen LogP contribution in [-0.4, -0.2) is 10.9 Å². The number of hydrogen-bond acceptors (Lipinski definition) is 2. The molecular weight excluding hydrogens is 372 g/mol. The number of alkyl halides is 1. The number of aryl methyl sites for hydroxylation is 1. The third-order valence-electron chi connectivity index (χ3n) is 2.63. The fraction of sp³-hybridized carbons (Fsp3) is 0.143. The Balaban J connectivity index is 2.13. The van der Waals surface area contributed by atoms with Crippen molar-refractivity contribution in [2.75, 3.05) is 5.32 Å². The molecule has 0 saturated heterocycles. The molecule has 0 radical (unpaired) electrons. The fourth-order valence-corrected chi connectivity index (χ4v) is 2.14. The number of anilines is 1. The number of benzene rings is 1. The molecule has 0 spiro atoms. The maximum absolute atomic E-state index is 12.0. The number of nitrogens with one attached hydrogen (secondary N) is 1. The summed E-state index contributed by atoms with van der Waals surface area (Å²) in [5, 5.41) is 3.56. The van der Waals surface area contributed by atoms with Gasteiger partial charge >= 0.3 is 0 Å². The summed E-state index contributed by atoms with van der Waals surface area (Å²) in [6, 6.07) is 11.1. The predicted molar refractivity (Wildman–Crippen MR) is 83.7 cm³/mol. The fourth-order valence-electron chi connectivity index (χ4n) is 1.55. The molecule has 3 nitrogen and oxygen atoms in total. The smallest absolute Gasteiger partial charge is 0.256 e. The zero-order valence-electron chi connectivity index (χ0n) is 10.3. The molecule has 1 aromatic heterocycles. The Morgan fingerprint density at radius 3 is 2.47 bits per heavy atom. The Morgan fingerprint density at radius 1 is 1.21 bits per heavy atom. The summed E-state index contributed by atoms with van der Waals surface area (Å²) >= 11 is 6.75. The molecule has 0 aliphatic rings. The number of rotatable bonds is 3. The maximum atomic E-state index is 12.0. The summed E-state index contributed by atoms with van der Waals surface area (Å²) in [5.74, 6) is 0.394. The van der Waals surface area contributed by atoms with Crippen LogP contribution in [0.25, 0.3) is 0 Å². The first-order valence-electron chi connectivity index (χ1n) is 5.69. The highest BCUT2D eigenvalue weighted by Gasteiger charge is 2.07. The topological polar surface area (TPSA) is 42.0 Å². The molecule has 1 amide bonds. The zero-order valence-corrected chi connectivity index (χ0v) is 13.5. The van der Waals surface area contributed by atoms with Gasteiger partial charge in [0.25, 0.3) is 5.91 Å². The lowest BCUT2D eigenvalue weighted by atomic mass is 10.1. The van der Waals surface area contributed by atoms with Gasteiger partial charge < -0.3 is 5.32 Å². The van der Waals surface area contributed by atoms with Gasteiger partial charge in [-0.25, -0.2) is 4.98 Å². The van der Waals surface area contributed by atoms with Gasteiger partial charge in [-0.05, 0) is 52.7 Å². The Hall–Kier alpha value is -1.20. The van der Waals surface area contributed by atoms with Gasteiger partial charge in [-0.2, -0.15) is 0 Å². The van der Waals surface area contributed by atoms with E-state index in [1.807, 2.05) is 25.1 Å². The molecule has 0 saturated carbocycles. The lowest BCUT2D eigenvalue weighted by Crippen LogP contribution is -2.13. The molecule has 1 heterocycles. The largest absolute Gasteiger partial charge is 0.307 e. The normalized spacial score (nSPS) is 10.3. The molecule has 1 N–H and O–H groups in total. The number of carbonyl (C=O) groups excluding carboxylic acids is 1. The van der Waals surface area contributed by atoms with Crippen LogP contribution in [0.2, 0.25) is 0 Å². The van der Waals surface area contributed by atoms with E-state index in [9.17, 15) is 4.79 Å². The SMILES string of the molecule is Cc1nc(NC(=O)c2ccc(CBr)cc2)ccc1Br. The zero-order chi connectivity index (χ0) is 13.8. The quantitative estimate of drug-likeness (QED) is 0.803. The van der Waals surface area contributed by atoms with E-state index in [1.54, 1.807) is 18.2 Å². The second-order valence-electron chi connectivity index (χ2n) is 4.05. The molecule has 2 aromatic rings. The summed E-state index contributed by atoms with van der Waals surface area (Å²) in [5.41, 5.74) is 2.59. The summed E-state index contributed by atoms with van der Waals surface area (Å²) in [7, 11) is 0. The van der Waals surface area contributed by atoms with Crippen molar-refractivity contribution in [3.05, 3.63) is 57.7 Å². The Morgan fingerprint density at radius 2 is 1.89 bits per heavy atom. The van der Waals surface area contributed by atoms with Crippen molar-refractivity contribution in [2.24, 2.45) is 0 Å². The van der Waals surface area contributed by atoms with E-state index in [0.717, 1.165) is 21.1 Å². The van der Waals surface area contributed by atoms with Crippen molar-refractivity contribution in [1.82, 2.24) is 4.98 Å². The van der Waals surface area contributed by atoms with Gasteiger partial charge in [-0.15, -0.1) is 0 Å². The molecule has 0 fully saturated rings. The molecule has 0 unspecified atom stereocenters. The van der Waals surface area contributed by atoms with E-state index in [1.165, 1.54) is 0 Å². The number of hydrogen-bond donors (Lipinski definition) is 1. The van der Waals surface area contributed by atoms with E-state index in [2.05, 4.69) is 42.2 Å². The van der Waals surface area contributed by atoms with Crippen LogP contribution in [-0.2, 0) is 5.33 Å². The average Bonchev–Trinajstić information content (AvgIpc) is 2.43. The maximum Gasteiger partial charge on any atom is 0.256 e. The van der Waals surface area contributed by atoms with Crippen LogP contribution in [0, 0.1) is 6.92 Å². The van der Waals surface area contributed by atoms with E-state index in [-0.39, 0.29) is 5.91 Å².